The zero-order chi connectivity index (χ0) is 12.7. The fraction of sp³-hybridized carbons (Fsp3) is 0.600. The van der Waals surface area contributed by atoms with Crippen molar-refractivity contribution in [3.63, 3.8) is 0 Å². The third-order valence-corrected chi connectivity index (χ3v) is 3.38. The van der Waals surface area contributed by atoms with E-state index in [9.17, 15) is 0 Å². The lowest BCUT2D eigenvalue weighted by atomic mass is 10.0. The highest BCUT2D eigenvalue weighted by Crippen LogP contribution is 2.19. The quantitative estimate of drug-likeness (QED) is 0.785. The Hall–Kier alpha value is -1.02. The van der Waals surface area contributed by atoms with Gasteiger partial charge in [0, 0.05) is 19.3 Å². The van der Waals surface area contributed by atoms with Crippen LogP contribution >= 0.6 is 0 Å². The van der Waals surface area contributed by atoms with Gasteiger partial charge >= 0.3 is 0 Å². The molecule has 0 heterocycles. The van der Waals surface area contributed by atoms with Crippen LogP contribution in [-0.2, 0) is 0 Å². The molecule has 1 aromatic carbocycles. The Kier molecular flexibility index (Phi) is 6.06. The summed E-state index contributed by atoms with van der Waals surface area (Å²) in [6.07, 6.45) is 3.66. The van der Waals surface area contributed by atoms with Gasteiger partial charge in [-0.3, -0.25) is 0 Å². The fourth-order valence-electron chi connectivity index (χ4n) is 2.22. The van der Waals surface area contributed by atoms with Crippen molar-refractivity contribution in [2.24, 2.45) is 11.7 Å². The van der Waals surface area contributed by atoms with Crippen LogP contribution < -0.4 is 10.6 Å². The van der Waals surface area contributed by atoms with Crippen molar-refractivity contribution >= 4 is 5.69 Å². The maximum Gasteiger partial charge on any atom is 0.0393 e. The molecule has 1 atom stereocenters. The lowest BCUT2D eigenvalue weighted by Crippen LogP contribution is -2.20. The topological polar surface area (TPSA) is 29.3 Å². The van der Waals surface area contributed by atoms with Gasteiger partial charge in [-0.1, -0.05) is 25.1 Å². The SMILES string of the molecule is Cc1ccccc1N(C)CCCC(C)CCN. The Bertz CT molecular complexity index is 322. The maximum absolute atomic E-state index is 5.56. The van der Waals surface area contributed by atoms with E-state index in [1.54, 1.807) is 0 Å². The van der Waals surface area contributed by atoms with Crippen LogP contribution in [0.4, 0.5) is 5.69 Å². The standard InChI is InChI=1S/C15H26N2/c1-13(10-11-16)7-6-12-17(3)15-9-5-4-8-14(15)2/h4-5,8-9,13H,6-7,10-12,16H2,1-3H3. The van der Waals surface area contributed by atoms with Gasteiger partial charge in [0.2, 0.25) is 0 Å². The lowest BCUT2D eigenvalue weighted by molar-refractivity contribution is 0.482. The molecule has 0 aliphatic rings. The van der Waals surface area contributed by atoms with Crippen LogP contribution in [0.1, 0.15) is 31.7 Å². The van der Waals surface area contributed by atoms with Crippen molar-refractivity contribution in [3.05, 3.63) is 29.8 Å². The highest BCUT2D eigenvalue weighted by molar-refractivity contribution is 5.52. The molecule has 0 fully saturated rings. The summed E-state index contributed by atoms with van der Waals surface area (Å²) in [5.74, 6) is 0.755. The number of aryl methyl sites for hydroxylation is 1. The number of benzene rings is 1. The first-order valence-corrected chi connectivity index (χ1v) is 6.62. The van der Waals surface area contributed by atoms with Gasteiger partial charge in [-0.25, -0.2) is 0 Å². The molecule has 96 valence electrons. The molecule has 0 spiro atoms. The van der Waals surface area contributed by atoms with E-state index >= 15 is 0 Å². The van der Waals surface area contributed by atoms with E-state index in [1.807, 2.05) is 0 Å². The molecule has 1 unspecified atom stereocenters. The van der Waals surface area contributed by atoms with Crippen molar-refractivity contribution in [1.82, 2.24) is 0 Å². The molecule has 0 aromatic heterocycles. The molecule has 1 aromatic rings. The van der Waals surface area contributed by atoms with E-state index in [0.29, 0.717) is 0 Å². The molecule has 2 N–H and O–H groups in total. The molecule has 0 aliphatic carbocycles. The maximum atomic E-state index is 5.56. The summed E-state index contributed by atoms with van der Waals surface area (Å²) in [4.78, 5) is 2.35. The summed E-state index contributed by atoms with van der Waals surface area (Å²) < 4.78 is 0. The van der Waals surface area contributed by atoms with Crippen LogP contribution in [0.3, 0.4) is 0 Å². The Morgan fingerprint density at radius 3 is 2.59 bits per heavy atom. The van der Waals surface area contributed by atoms with Crippen LogP contribution in [0.2, 0.25) is 0 Å². The van der Waals surface area contributed by atoms with Crippen LogP contribution in [-0.4, -0.2) is 20.1 Å². The van der Waals surface area contributed by atoms with Crippen LogP contribution in [0.5, 0.6) is 0 Å². The van der Waals surface area contributed by atoms with Gasteiger partial charge in [-0.05, 0) is 50.3 Å². The summed E-state index contributed by atoms with van der Waals surface area (Å²) in [5.41, 5.74) is 8.26. The second-order valence-corrected chi connectivity index (χ2v) is 5.03. The van der Waals surface area contributed by atoms with E-state index in [2.05, 4.69) is 50.1 Å². The second-order valence-electron chi connectivity index (χ2n) is 5.03. The van der Waals surface area contributed by atoms with Gasteiger partial charge in [0.25, 0.3) is 0 Å². The Balaban J connectivity index is 2.35. The Morgan fingerprint density at radius 2 is 1.94 bits per heavy atom. The fourth-order valence-corrected chi connectivity index (χ4v) is 2.22. The largest absolute Gasteiger partial charge is 0.374 e. The molecule has 0 aliphatic heterocycles. The Morgan fingerprint density at radius 1 is 1.24 bits per heavy atom. The van der Waals surface area contributed by atoms with Crippen molar-refractivity contribution in [2.45, 2.75) is 33.1 Å². The molecule has 1 rings (SSSR count). The van der Waals surface area contributed by atoms with Crippen molar-refractivity contribution in [2.75, 3.05) is 25.0 Å². The summed E-state index contributed by atoms with van der Waals surface area (Å²) >= 11 is 0. The molecule has 17 heavy (non-hydrogen) atoms. The number of hydrogen-bond acceptors (Lipinski definition) is 2. The average Bonchev–Trinajstić information content (AvgIpc) is 2.29. The van der Waals surface area contributed by atoms with Gasteiger partial charge in [-0.2, -0.15) is 0 Å². The number of anilines is 1. The molecule has 2 heteroatoms. The first-order chi connectivity index (χ1) is 8.15. The molecule has 0 radical (unpaired) electrons. The van der Waals surface area contributed by atoms with Crippen LogP contribution in [0.25, 0.3) is 0 Å². The minimum absolute atomic E-state index is 0.755. The minimum Gasteiger partial charge on any atom is -0.374 e. The molecule has 0 saturated heterocycles. The third kappa shape index (κ3) is 4.78. The monoisotopic (exact) mass is 234 g/mol. The van der Waals surface area contributed by atoms with Gasteiger partial charge < -0.3 is 10.6 Å². The normalized spacial score (nSPS) is 12.5. The zero-order valence-electron chi connectivity index (χ0n) is 11.4. The lowest BCUT2D eigenvalue weighted by Gasteiger charge is -2.22. The van der Waals surface area contributed by atoms with Crippen molar-refractivity contribution < 1.29 is 0 Å². The van der Waals surface area contributed by atoms with Crippen molar-refractivity contribution in [3.8, 4) is 0 Å². The Labute approximate surface area is 106 Å². The number of nitrogens with zero attached hydrogens (tertiary/aromatic N) is 1. The number of rotatable bonds is 7. The molecule has 0 bridgehead atoms. The first kappa shape index (κ1) is 14.0. The number of para-hydroxylation sites is 1. The third-order valence-electron chi connectivity index (χ3n) is 3.38. The minimum atomic E-state index is 0.755. The van der Waals surface area contributed by atoms with E-state index in [0.717, 1.165) is 25.4 Å². The zero-order valence-corrected chi connectivity index (χ0v) is 11.4. The van der Waals surface area contributed by atoms with Crippen LogP contribution in [0, 0.1) is 12.8 Å². The van der Waals surface area contributed by atoms with Gasteiger partial charge in [-0.15, -0.1) is 0 Å². The summed E-state index contributed by atoms with van der Waals surface area (Å²) in [7, 11) is 2.18. The van der Waals surface area contributed by atoms with E-state index in [1.165, 1.54) is 24.1 Å². The molecule has 2 nitrogen and oxygen atoms in total. The molecular formula is C15H26N2. The smallest absolute Gasteiger partial charge is 0.0393 e. The average molecular weight is 234 g/mol. The first-order valence-electron chi connectivity index (χ1n) is 6.62. The highest BCUT2D eigenvalue weighted by atomic mass is 15.1. The number of nitrogens with two attached hydrogens (primary N) is 1. The summed E-state index contributed by atoms with van der Waals surface area (Å²) in [6.45, 7) is 6.40. The summed E-state index contributed by atoms with van der Waals surface area (Å²) in [6, 6.07) is 8.56. The number of hydrogen-bond donors (Lipinski definition) is 1. The van der Waals surface area contributed by atoms with Crippen LogP contribution in [0.15, 0.2) is 24.3 Å². The van der Waals surface area contributed by atoms with E-state index < -0.39 is 0 Å². The predicted octanol–water partition coefficient (Wildman–Crippen LogP) is 3.20. The van der Waals surface area contributed by atoms with E-state index in [4.69, 9.17) is 5.73 Å². The summed E-state index contributed by atoms with van der Waals surface area (Å²) in [5, 5.41) is 0. The molecule has 0 amide bonds. The second kappa shape index (κ2) is 7.33. The van der Waals surface area contributed by atoms with Gasteiger partial charge in [0.05, 0.1) is 0 Å². The van der Waals surface area contributed by atoms with Gasteiger partial charge in [0.15, 0.2) is 0 Å². The van der Waals surface area contributed by atoms with Crippen molar-refractivity contribution in [1.29, 1.82) is 0 Å². The highest BCUT2D eigenvalue weighted by Gasteiger charge is 2.05. The predicted molar refractivity (Wildman–Crippen MR) is 76.5 cm³/mol. The van der Waals surface area contributed by atoms with E-state index in [-0.39, 0.29) is 0 Å². The molecular weight excluding hydrogens is 208 g/mol. The van der Waals surface area contributed by atoms with Gasteiger partial charge in [0.1, 0.15) is 0 Å². The molecule has 0 saturated carbocycles.